The molecule has 3 aliphatic rings. The Kier molecular flexibility index (Phi) is 2.05. The first-order valence-corrected chi connectivity index (χ1v) is 6.65. The Morgan fingerprint density at radius 1 is 1.37 bits per heavy atom. The molecule has 0 aromatic carbocycles. The molecule has 100 valence electrons. The highest BCUT2D eigenvalue weighted by atomic mass is 16.5. The standard InChI is InChI=1S/C12H14N4O3/c17-10-12(4-1-5-12)14-11(18)16(10)6-8-13-9(19-15-8)7-2-3-7/h7H,1-6H2,(H,14,18). The van der Waals surface area contributed by atoms with Gasteiger partial charge >= 0.3 is 6.03 Å². The Labute approximate surface area is 109 Å². The molecule has 3 fully saturated rings. The van der Waals surface area contributed by atoms with E-state index < -0.39 is 5.54 Å². The van der Waals surface area contributed by atoms with Crippen LogP contribution in [0.2, 0.25) is 0 Å². The number of nitrogens with zero attached hydrogens (tertiary/aromatic N) is 3. The molecule has 0 bridgehead atoms. The van der Waals surface area contributed by atoms with Gasteiger partial charge in [-0.05, 0) is 32.1 Å². The molecule has 7 heteroatoms. The third-order valence-electron chi connectivity index (χ3n) is 4.16. The first-order valence-electron chi connectivity index (χ1n) is 6.65. The first kappa shape index (κ1) is 11.0. The van der Waals surface area contributed by atoms with Crippen LogP contribution in [0.1, 0.15) is 49.7 Å². The molecule has 7 nitrogen and oxygen atoms in total. The summed E-state index contributed by atoms with van der Waals surface area (Å²) in [5.74, 6) is 1.26. The molecule has 1 aliphatic heterocycles. The summed E-state index contributed by atoms with van der Waals surface area (Å²) in [5.41, 5.74) is -0.639. The summed E-state index contributed by atoms with van der Waals surface area (Å²) in [7, 11) is 0. The van der Waals surface area contributed by atoms with Crippen molar-refractivity contribution in [3.05, 3.63) is 11.7 Å². The molecule has 1 N–H and O–H groups in total. The van der Waals surface area contributed by atoms with Crippen molar-refractivity contribution in [2.45, 2.75) is 50.1 Å². The first-order chi connectivity index (χ1) is 9.18. The number of amides is 3. The van der Waals surface area contributed by atoms with Crippen molar-refractivity contribution in [1.82, 2.24) is 20.4 Å². The number of aromatic nitrogens is 2. The molecule has 3 amide bonds. The highest BCUT2D eigenvalue weighted by Crippen LogP contribution is 2.39. The summed E-state index contributed by atoms with van der Waals surface area (Å²) in [6.07, 6.45) is 4.59. The van der Waals surface area contributed by atoms with Crippen LogP contribution in [0, 0.1) is 0 Å². The van der Waals surface area contributed by atoms with Crippen molar-refractivity contribution >= 4 is 11.9 Å². The zero-order valence-electron chi connectivity index (χ0n) is 10.4. The van der Waals surface area contributed by atoms with Gasteiger partial charge in [0.05, 0.1) is 6.54 Å². The molecule has 0 radical (unpaired) electrons. The van der Waals surface area contributed by atoms with E-state index >= 15 is 0 Å². The van der Waals surface area contributed by atoms with Gasteiger partial charge in [0, 0.05) is 5.92 Å². The van der Waals surface area contributed by atoms with Gasteiger partial charge in [-0.25, -0.2) is 4.79 Å². The number of carbonyl (C=O) groups excluding carboxylic acids is 2. The van der Waals surface area contributed by atoms with E-state index in [2.05, 4.69) is 15.5 Å². The van der Waals surface area contributed by atoms with Crippen LogP contribution in [0.3, 0.4) is 0 Å². The predicted molar refractivity (Wildman–Crippen MR) is 61.9 cm³/mol. The molecular weight excluding hydrogens is 248 g/mol. The Bertz CT molecular complexity index is 559. The monoisotopic (exact) mass is 262 g/mol. The molecule has 19 heavy (non-hydrogen) atoms. The summed E-state index contributed by atoms with van der Waals surface area (Å²) in [4.78, 5) is 29.5. The molecule has 1 aromatic rings. The Morgan fingerprint density at radius 3 is 2.74 bits per heavy atom. The summed E-state index contributed by atoms with van der Waals surface area (Å²) in [5, 5.41) is 6.62. The normalized spacial score (nSPS) is 24.7. The lowest BCUT2D eigenvalue weighted by Gasteiger charge is -2.34. The Morgan fingerprint density at radius 2 is 2.16 bits per heavy atom. The number of hydrogen-bond acceptors (Lipinski definition) is 5. The lowest BCUT2D eigenvalue weighted by Crippen LogP contribution is -2.52. The molecule has 0 atom stereocenters. The van der Waals surface area contributed by atoms with E-state index in [4.69, 9.17) is 4.52 Å². The Balaban J connectivity index is 1.52. The van der Waals surface area contributed by atoms with Crippen molar-refractivity contribution < 1.29 is 14.1 Å². The molecule has 1 aromatic heterocycles. The van der Waals surface area contributed by atoms with Crippen LogP contribution in [0.25, 0.3) is 0 Å². The fraction of sp³-hybridized carbons (Fsp3) is 0.667. The summed E-state index contributed by atoms with van der Waals surface area (Å²) in [6, 6.07) is -0.345. The quantitative estimate of drug-likeness (QED) is 0.818. The number of imide groups is 1. The molecule has 1 saturated heterocycles. The third-order valence-corrected chi connectivity index (χ3v) is 4.16. The summed E-state index contributed by atoms with van der Waals surface area (Å²) >= 11 is 0. The van der Waals surface area contributed by atoms with Crippen LogP contribution in [0.4, 0.5) is 4.79 Å². The lowest BCUT2D eigenvalue weighted by molar-refractivity contribution is -0.134. The number of rotatable bonds is 3. The van der Waals surface area contributed by atoms with E-state index in [-0.39, 0.29) is 18.5 Å². The predicted octanol–water partition coefficient (Wildman–Crippen LogP) is 0.921. The van der Waals surface area contributed by atoms with Gasteiger partial charge in [-0.1, -0.05) is 5.16 Å². The van der Waals surface area contributed by atoms with Crippen LogP contribution < -0.4 is 5.32 Å². The van der Waals surface area contributed by atoms with Gasteiger partial charge in [0.25, 0.3) is 5.91 Å². The SMILES string of the molecule is O=C1NC2(CCC2)C(=O)N1Cc1noc(C2CC2)n1. The molecule has 1 spiro atoms. The topological polar surface area (TPSA) is 88.3 Å². The maximum absolute atomic E-state index is 12.2. The van der Waals surface area contributed by atoms with Crippen molar-refractivity contribution in [2.24, 2.45) is 0 Å². The van der Waals surface area contributed by atoms with Gasteiger partial charge in [-0.2, -0.15) is 4.98 Å². The van der Waals surface area contributed by atoms with Crippen LogP contribution in [0.5, 0.6) is 0 Å². The zero-order chi connectivity index (χ0) is 13.0. The number of carbonyl (C=O) groups is 2. The summed E-state index contributed by atoms with van der Waals surface area (Å²) in [6.45, 7) is 0.0998. The highest BCUT2D eigenvalue weighted by molar-refractivity contribution is 6.07. The minimum atomic E-state index is -0.639. The Hall–Kier alpha value is -1.92. The molecule has 4 rings (SSSR count). The maximum Gasteiger partial charge on any atom is 0.325 e. The molecule has 0 unspecified atom stereocenters. The lowest BCUT2D eigenvalue weighted by atomic mass is 9.77. The van der Waals surface area contributed by atoms with E-state index in [1.807, 2.05) is 0 Å². The van der Waals surface area contributed by atoms with Gasteiger partial charge in [-0.3, -0.25) is 9.69 Å². The van der Waals surface area contributed by atoms with E-state index in [0.717, 1.165) is 32.1 Å². The average molecular weight is 262 g/mol. The minimum absolute atomic E-state index is 0.0998. The van der Waals surface area contributed by atoms with Gasteiger partial charge in [-0.15, -0.1) is 0 Å². The number of hydrogen-bond donors (Lipinski definition) is 1. The molecular formula is C12H14N4O3. The van der Waals surface area contributed by atoms with Crippen LogP contribution in [0.15, 0.2) is 4.52 Å². The van der Waals surface area contributed by atoms with Crippen LogP contribution in [-0.4, -0.2) is 32.5 Å². The van der Waals surface area contributed by atoms with Crippen molar-refractivity contribution in [2.75, 3.05) is 0 Å². The molecule has 2 aliphatic carbocycles. The third kappa shape index (κ3) is 1.57. The second-order valence-corrected chi connectivity index (χ2v) is 5.58. The van der Waals surface area contributed by atoms with E-state index in [1.54, 1.807) is 0 Å². The number of urea groups is 1. The van der Waals surface area contributed by atoms with Gasteiger partial charge in [0.1, 0.15) is 5.54 Å². The van der Waals surface area contributed by atoms with E-state index in [9.17, 15) is 9.59 Å². The van der Waals surface area contributed by atoms with E-state index in [0.29, 0.717) is 17.6 Å². The van der Waals surface area contributed by atoms with Gasteiger partial charge < -0.3 is 9.84 Å². The van der Waals surface area contributed by atoms with Crippen molar-refractivity contribution in [3.63, 3.8) is 0 Å². The highest BCUT2D eigenvalue weighted by Gasteiger charge is 2.54. The largest absolute Gasteiger partial charge is 0.339 e. The van der Waals surface area contributed by atoms with Crippen LogP contribution in [-0.2, 0) is 11.3 Å². The second-order valence-electron chi connectivity index (χ2n) is 5.58. The van der Waals surface area contributed by atoms with Gasteiger partial charge in [0.2, 0.25) is 5.89 Å². The van der Waals surface area contributed by atoms with Crippen molar-refractivity contribution in [3.8, 4) is 0 Å². The van der Waals surface area contributed by atoms with Crippen molar-refractivity contribution in [1.29, 1.82) is 0 Å². The zero-order valence-corrected chi connectivity index (χ0v) is 10.4. The van der Waals surface area contributed by atoms with E-state index in [1.165, 1.54) is 4.90 Å². The van der Waals surface area contributed by atoms with Crippen LogP contribution >= 0.6 is 0 Å². The number of nitrogens with one attached hydrogen (secondary N) is 1. The fourth-order valence-electron chi connectivity index (χ4n) is 2.66. The smallest absolute Gasteiger partial charge is 0.325 e. The fourth-order valence-corrected chi connectivity index (χ4v) is 2.66. The second kappa shape index (κ2) is 3.55. The minimum Gasteiger partial charge on any atom is -0.339 e. The summed E-state index contributed by atoms with van der Waals surface area (Å²) < 4.78 is 5.13. The molecule has 2 heterocycles. The average Bonchev–Trinajstić information content (AvgIpc) is 3.04. The maximum atomic E-state index is 12.2. The van der Waals surface area contributed by atoms with Gasteiger partial charge in [0.15, 0.2) is 5.82 Å². The molecule has 2 saturated carbocycles.